The van der Waals surface area contributed by atoms with Gasteiger partial charge in [-0.3, -0.25) is 4.90 Å². The van der Waals surface area contributed by atoms with Gasteiger partial charge in [0.2, 0.25) is 10.0 Å². The van der Waals surface area contributed by atoms with Crippen LogP contribution in [-0.2, 0) is 16.4 Å². The Morgan fingerprint density at radius 3 is 2.65 bits per heavy atom. The van der Waals surface area contributed by atoms with Crippen LogP contribution in [-0.4, -0.2) is 62.8 Å². The Kier molecular flexibility index (Phi) is 3.95. The smallest absolute Gasteiger partial charge is 0.211 e. The molecule has 0 spiro atoms. The molecule has 0 aromatic heterocycles. The molecule has 1 aromatic rings. The van der Waals surface area contributed by atoms with Crippen LogP contribution in [0, 0.1) is 5.92 Å². The predicted molar refractivity (Wildman–Crippen MR) is 98.1 cm³/mol. The summed E-state index contributed by atoms with van der Waals surface area (Å²) in [6.45, 7) is 3.90. The van der Waals surface area contributed by atoms with Gasteiger partial charge in [-0.2, -0.15) is 4.31 Å². The largest absolute Gasteiger partial charge is 0.486 e. The molecule has 4 aliphatic heterocycles. The lowest BCUT2D eigenvalue weighted by Gasteiger charge is -2.51. The second-order valence-corrected chi connectivity index (χ2v) is 9.97. The first-order valence-corrected chi connectivity index (χ1v) is 11.5. The molecule has 0 saturated carbocycles. The van der Waals surface area contributed by atoms with Crippen molar-refractivity contribution in [3.05, 3.63) is 23.3 Å². The van der Waals surface area contributed by atoms with Gasteiger partial charge in [-0.15, -0.1) is 0 Å². The van der Waals surface area contributed by atoms with Crippen molar-refractivity contribution in [2.24, 2.45) is 5.92 Å². The van der Waals surface area contributed by atoms with Crippen molar-refractivity contribution in [1.29, 1.82) is 0 Å². The van der Waals surface area contributed by atoms with Gasteiger partial charge in [0.1, 0.15) is 13.2 Å². The summed E-state index contributed by atoms with van der Waals surface area (Å²) < 4.78 is 37.9. The van der Waals surface area contributed by atoms with Gasteiger partial charge in [-0.25, -0.2) is 8.42 Å². The van der Waals surface area contributed by atoms with Gasteiger partial charge < -0.3 is 9.47 Å². The maximum absolute atomic E-state index is 12.3. The lowest BCUT2D eigenvalue weighted by Crippen LogP contribution is -2.57. The Morgan fingerprint density at radius 1 is 1.12 bits per heavy atom. The molecule has 0 radical (unpaired) electrons. The van der Waals surface area contributed by atoms with Crippen molar-refractivity contribution in [3.8, 4) is 11.5 Å². The summed E-state index contributed by atoms with van der Waals surface area (Å²) in [5.41, 5.74) is 2.63. The zero-order chi connectivity index (χ0) is 17.9. The van der Waals surface area contributed by atoms with E-state index in [9.17, 15) is 8.42 Å². The van der Waals surface area contributed by atoms with Crippen LogP contribution >= 0.6 is 0 Å². The molecule has 3 unspecified atom stereocenters. The highest BCUT2D eigenvalue weighted by Gasteiger charge is 2.45. The summed E-state index contributed by atoms with van der Waals surface area (Å²) >= 11 is 0. The monoisotopic (exact) mass is 378 g/mol. The van der Waals surface area contributed by atoms with Crippen molar-refractivity contribution in [2.75, 3.05) is 39.1 Å². The van der Waals surface area contributed by atoms with E-state index in [1.807, 2.05) is 0 Å². The maximum atomic E-state index is 12.3. The van der Waals surface area contributed by atoms with E-state index in [0.717, 1.165) is 50.3 Å². The van der Waals surface area contributed by atoms with E-state index in [0.29, 0.717) is 25.7 Å². The third-order valence-corrected chi connectivity index (χ3v) is 7.80. The average molecular weight is 378 g/mol. The Hall–Kier alpha value is -1.31. The highest BCUT2D eigenvalue weighted by molar-refractivity contribution is 7.88. The minimum Gasteiger partial charge on any atom is -0.486 e. The Balaban J connectivity index is 1.50. The number of hydrogen-bond donors (Lipinski definition) is 0. The van der Waals surface area contributed by atoms with E-state index in [4.69, 9.17) is 9.47 Å². The van der Waals surface area contributed by atoms with Gasteiger partial charge in [0, 0.05) is 31.7 Å². The van der Waals surface area contributed by atoms with E-state index in [2.05, 4.69) is 17.0 Å². The molecule has 2 saturated heterocycles. The molecule has 3 atom stereocenters. The summed E-state index contributed by atoms with van der Waals surface area (Å²) in [4.78, 5) is 2.56. The molecule has 4 aliphatic rings. The topological polar surface area (TPSA) is 59.1 Å². The number of benzene rings is 1. The summed E-state index contributed by atoms with van der Waals surface area (Å²) in [6.07, 6.45) is 5.37. The summed E-state index contributed by atoms with van der Waals surface area (Å²) in [7, 11) is -3.16. The van der Waals surface area contributed by atoms with E-state index in [-0.39, 0.29) is 12.1 Å². The van der Waals surface area contributed by atoms with Crippen molar-refractivity contribution in [2.45, 2.75) is 37.8 Å². The van der Waals surface area contributed by atoms with Gasteiger partial charge >= 0.3 is 0 Å². The molecule has 0 bridgehead atoms. The SMILES string of the molecule is CS(=O)(=O)N1CCCC2CN3CCc4cc5c(cc4C3CC21)OCCO5. The van der Waals surface area contributed by atoms with E-state index >= 15 is 0 Å². The van der Waals surface area contributed by atoms with Crippen molar-refractivity contribution in [1.82, 2.24) is 9.21 Å². The second kappa shape index (κ2) is 6.11. The van der Waals surface area contributed by atoms with Crippen molar-refractivity contribution >= 4 is 10.0 Å². The number of fused-ring (bicyclic) bond motifs is 5. The molecule has 6 nitrogen and oxygen atoms in total. The number of ether oxygens (including phenoxy) is 2. The second-order valence-electron chi connectivity index (χ2n) is 8.03. The summed E-state index contributed by atoms with van der Waals surface area (Å²) in [5, 5.41) is 0. The van der Waals surface area contributed by atoms with Crippen LogP contribution in [0.1, 0.15) is 36.4 Å². The van der Waals surface area contributed by atoms with Crippen molar-refractivity contribution in [3.63, 3.8) is 0 Å². The number of rotatable bonds is 1. The van der Waals surface area contributed by atoms with Crippen molar-refractivity contribution < 1.29 is 17.9 Å². The molecule has 7 heteroatoms. The van der Waals surface area contributed by atoms with Crippen LogP contribution in [0.25, 0.3) is 0 Å². The zero-order valence-corrected chi connectivity index (χ0v) is 16.0. The Morgan fingerprint density at radius 2 is 1.88 bits per heavy atom. The maximum Gasteiger partial charge on any atom is 0.211 e. The fourth-order valence-electron chi connectivity index (χ4n) is 5.35. The molecular formula is C19H26N2O4S. The fourth-order valence-corrected chi connectivity index (χ4v) is 6.56. The van der Waals surface area contributed by atoms with Gasteiger partial charge in [-0.1, -0.05) is 0 Å². The minimum absolute atomic E-state index is 0.124. The normalized spacial score (nSPS) is 31.7. The third-order valence-electron chi connectivity index (χ3n) is 6.50. The van der Waals surface area contributed by atoms with E-state index in [1.54, 1.807) is 4.31 Å². The average Bonchev–Trinajstić information content (AvgIpc) is 2.63. The van der Waals surface area contributed by atoms with Gasteiger partial charge in [0.15, 0.2) is 11.5 Å². The van der Waals surface area contributed by atoms with Crippen LogP contribution in [0.3, 0.4) is 0 Å². The number of hydrogen-bond acceptors (Lipinski definition) is 5. The first-order valence-electron chi connectivity index (χ1n) is 9.64. The molecular weight excluding hydrogens is 352 g/mol. The predicted octanol–water partition coefficient (Wildman–Crippen LogP) is 1.80. The molecule has 4 heterocycles. The molecule has 0 aliphatic carbocycles. The number of sulfonamides is 1. The van der Waals surface area contributed by atoms with Gasteiger partial charge in [-0.05, 0) is 54.9 Å². The summed E-state index contributed by atoms with van der Waals surface area (Å²) in [5.74, 6) is 2.14. The molecule has 0 N–H and O–H groups in total. The lowest BCUT2D eigenvalue weighted by molar-refractivity contribution is 0.0219. The quantitative estimate of drug-likeness (QED) is 0.746. The molecule has 5 rings (SSSR count). The Bertz CT molecular complexity index is 825. The Labute approximate surface area is 155 Å². The zero-order valence-electron chi connectivity index (χ0n) is 15.2. The molecule has 1 aromatic carbocycles. The highest BCUT2D eigenvalue weighted by Crippen LogP contribution is 2.46. The number of nitrogens with zero attached hydrogens (tertiary/aromatic N) is 2. The first-order chi connectivity index (χ1) is 12.5. The van der Waals surface area contributed by atoms with Crippen LogP contribution in [0.5, 0.6) is 11.5 Å². The molecule has 26 heavy (non-hydrogen) atoms. The molecule has 2 fully saturated rings. The molecule has 142 valence electrons. The van der Waals surface area contributed by atoms with Crippen LogP contribution in [0.4, 0.5) is 0 Å². The first kappa shape index (κ1) is 16.8. The standard InChI is InChI=1S/C19H26N2O4S/c1-26(22,23)21-5-2-3-14-12-20-6-4-13-9-18-19(25-8-7-24-18)10-15(13)17(20)11-16(14)21/h9-10,14,16-17H,2-8,11-12H2,1H3. The van der Waals surface area contributed by atoms with E-state index in [1.165, 1.54) is 17.4 Å². The van der Waals surface area contributed by atoms with Crippen LogP contribution in [0.2, 0.25) is 0 Å². The van der Waals surface area contributed by atoms with Gasteiger partial charge in [0.25, 0.3) is 0 Å². The lowest BCUT2D eigenvalue weighted by atomic mass is 9.77. The van der Waals surface area contributed by atoms with Gasteiger partial charge in [0.05, 0.1) is 6.26 Å². The van der Waals surface area contributed by atoms with E-state index < -0.39 is 10.0 Å². The fraction of sp³-hybridized carbons (Fsp3) is 0.684. The summed E-state index contributed by atoms with van der Waals surface area (Å²) in [6, 6.07) is 4.69. The van der Waals surface area contributed by atoms with Crippen LogP contribution in [0.15, 0.2) is 12.1 Å². The molecule has 0 amide bonds. The van der Waals surface area contributed by atoms with Crippen LogP contribution < -0.4 is 9.47 Å². The highest BCUT2D eigenvalue weighted by atomic mass is 32.2. The number of piperidine rings is 2. The third kappa shape index (κ3) is 2.72. The minimum atomic E-state index is -3.16.